The highest BCUT2D eigenvalue weighted by Gasteiger charge is 2.27. The lowest BCUT2D eigenvalue weighted by molar-refractivity contribution is -0.166. The van der Waals surface area contributed by atoms with Crippen molar-refractivity contribution < 1.29 is 24.2 Å². The quantitative estimate of drug-likeness (QED) is 0.0986. The topological polar surface area (TPSA) is 72.8 Å². The minimum atomic E-state index is -0.447. The van der Waals surface area contributed by atoms with Crippen LogP contribution in [0.3, 0.4) is 0 Å². The van der Waals surface area contributed by atoms with Crippen LogP contribution in [0, 0.1) is 11.8 Å². The molecule has 0 saturated carbocycles. The van der Waals surface area contributed by atoms with Gasteiger partial charge in [-0.2, -0.15) is 0 Å². The summed E-state index contributed by atoms with van der Waals surface area (Å²) in [5.74, 6) is -0.687. The zero-order valence-electron chi connectivity index (χ0n) is 25.7. The van der Waals surface area contributed by atoms with E-state index in [0.717, 1.165) is 42.6 Å². The summed E-state index contributed by atoms with van der Waals surface area (Å²) >= 11 is 0. The predicted octanol–water partition coefficient (Wildman–Crippen LogP) is 8.31. The number of hydrogen-bond acceptors (Lipinski definition) is 5. The zero-order chi connectivity index (χ0) is 31.0. The lowest BCUT2D eigenvalue weighted by Gasteiger charge is -2.19. The maximum atomic E-state index is 13.6. The summed E-state index contributed by atoms with van der Waals surface area (Å²) in [6.07, 6.45) is 7.08. The predicted molar refractivity (Wildman–Crippen MR) is 175 cm³/mol. The van der Waals surface area contributed by atoms with Gasteiger partial charge in [-0.1, -0.05) is 84.9 Å². The molecule has 4 aromatic carbocycles. The monoisotopic (exact) mass is 592 g/mol. The van der Waals surface area contributed by atoms with Gasteiger partial charge < -0.3 is 14.6 Å². The van der Waals surface area contributed by atoms with E-state index >= 15 is 0 Å². The number of esters is 2. The number of carbonyl (C=O) groups excluding carboxylic acids is 2. The number of ether oxygens (including phenoxy) is 2. The smallest absolute Gasteiger partial charge is 0.316 e. The van der Waals surface area contributed by atoms with Gasteiger partial charge in [0, 0.05) is 0 Å². The number of phenolic OH excluding ortho intramolecular Hbond substituents is 1. The second-order valence-electron chi connectivity index (χ2n) is 11.5. The van der Waals surface area contributed by atoms with Crippen LogP contribution >= 0.6 is 0 Å². The molecule has 44 heavy (non-hydrogen) atoms. The lowest BCUT2D eigenvalue weighted by Crippen LogP contribution is -2.27. The van der Waals surface area contributed by atoms with Crippen LogP contribution in [0.25, 0.3) is 0 Å². The number of carbonyl (C=O) groups is 2. The largest absolute Gasteiger partial charge is 0.508 e. The van der Waals surface area contributed by atoms with E-state index in [0.29, 0.717) is 38.5 Å². The first-order valence-corrected chi connectivity index (χ1v) is 15.7. The first-order valence-electron chi connectivity index (χ1n) is 15.7. The molecule has 0 aliphatic rings. The average Bonchev–Trinajstić information content (AvgIpc) is 3.05. The van der Waals surface area contributed by atoms with Crippen molar-refractivity contribution in [3.05, 3.63) is 131 Å². The second-order valence-corrected chi connectivity index (χ2v) is 11.5. The first kappa shape index (κ1) is 32.5. The summed E-state index contributed by atoms with van der Waals surface area (Å²) in [5.41, 5.74) is 4.49. The van der Waals surface area contributed by atoms with Crippen LogP contribution in [0.5, 0.6) is 11.5 Å². The molecule has 2 atom stereocenters. The molecule has 0 saturated heterocycles. The van der Waals surface area contributed by atoms with Crippen LogP contribution in [0.4, 0.5) is 0 Å². The molecule has 0 spiro atoms. The first-order chi connectivity index (χ1) is 21.5. The number of methoxy groups -OCH3 is 1. The molecule has 230 valence electrons. The van der Waals surface area contributed by atoms with Gasteiger partial charge in [0.2, 0.25) is 0 Å². The highest BCUT2D eigenvalue weighted by Crippen LogP contribution is 2.24. The zero-order valence-corrected chi connectivity index (χ0v) is 25.7. The van der Waals surface area contributed by atoms with Gasteiger partial charge in [0.25, 0.3) is 0 Å². The van der Waals surface area contributed by atoms with Gasteiger partial charge in [-0.05, 0) is 111 Å². The van der Waals surface area contributed by atoms with Gasteiger partial charge in [-0.15, -0.1) is 0 Å². The van der Waals surface area contributed by atoms with Crippen LogP contribution in [0.15, 0.2) is 109 Å². The molecule has 5 nitrogen and oxygen atoms in total. The highest BCUT2D eigenvalue weighted by molar-refractivity contribution is 5.88. The fourth-order valence-electron chi connectivity index (χ4n) is 5.64. The summed E-state index contributed by atoms with van der Waals surface area (Å²) in [5, 5.41) is 9.90. The van der Waals surface area contributed by atoms with Crippen molar-refractivity contribution >= 4 is 11.9 Å². The third-order valence-corrected chi connectivity index (χ3v) is 8.20. The normalized spacial score (nSPS) is 12.3. The number of aryl methyl sites for hydroxylation is 4. The molecule has 4 rings (SSSR count). The van der Waals surface area contributed by atoms with E-state index in [1.165, 1.54) is 11.1 Å². The molecule has 0 aliphatic heterocycles. The van der Waals surface area contributed by atoms with Crippen molar-refractivity contribution in [2.75, 3.05) is 7.11 Å². The van der Waals surface area contributed by atoms with E-state index in [2.05, 4.69) is 24.3 Å². The van der Waals surface area contributed by atoms with E-state index in [1.807, 2.05) is 66.7 Å². The molecule has 5 heteroatoms. The maximum Gasteiger partial charge on any atom is 0.316 e. The molecule has 0 aromatic heterocycles. The molecule has 0 radical (unpaired) electrons. The Morgan fingerprint density at radius 3 is 1.55 bits per heavy atom. The van der Waals surface area contributed by atoms with E-state index in [-0.39, 0.29) is 11.7 Å². The average molecular weight is 593 g/mol. The van der Waals surface area contributed by atoms with Crippen LogP contribution in [-0.2, 0) is 40.0 Å². The van der Waals surface area contributed by atoms with Crippen LogP contribution in [0.1, 0.15) is 60.8 Å². The van der Waals surface area contributed by atoms with E-state index in [4.69, 9.17) is 9.47 Å². The van der Waals surface area contributed by atoms with Gasteiger partial charge >= 0.3 is 11.9 Å². The van der Waals surface area contributed by atoms with Crippen molar-refractivity contribution in [2.24, 2.45) is 11.8 Å². The van der Waals surface area contributed by atoms with Crippen LogP contribution < -0.4 is 4.74 Å². The van der Waals surface area contributed by atoms with E-state index in [9.17, 15) is 14.7 Å². The number of aromatic hydroxyl groups is 1. The third kappa shape index (κ3) is 11.0. The van der Waals surface area contributed by atoms with Crippen LogP contribution in [-0.4, -0.2) is 24.2 Å². The number of phenols is 1. The fourth-order valence-corrected chi connectivity index (χ4v) is 5.64. The molecule has 1 N–H and O–H groups in total. The fraction of sp³-hybridized carbons (Fsp3) is 0.333. The van der Waals surface area contributed by atoms with Gasteiger partial charge in [0.1, 0.15) is 11.5 Å². The standard InChI is InChI=1S/C39H44O5/c1-43-37-23-11-19-33(29-37)25-27-35(21-9-17-31-14-6-3-7-15-31)39(42)44-38(41)34(20-8-16-30-12-4-2-5-13-30)26-24-32-18-10-22-36(40)28-32/h2-7,10-15,18-19,22-23,28-29,34-35,40H,8-9,16-17,20-21,24-27H2,1H3. The number of benzene rings is 4. The second kappa shape index (κ2) is 17.7. The Kier molecular flexibility index (Phi) is 13.1. The van der Waals surface area contributed by atoms with E-state index in [1.54, 1.807) is 25.3 Å². The Labute approximate surface area is 261 Å². The molecule has 4 aromatic rings. The minimum Gasteiger partial charge on any atom is -0.508 e. The Morgan fingerprint density at radius 2 is 1.05 bits per heavy atom. The van der Waals surface area contributed by atoms with Gasteiger partial charge in [0.15, 0.2) is 0 Å². The summed E-state index contributed by atoms with van der Waals surface area (Å²) < 4.78 is 11.0. The van der Waals surface area contributed by atoms with Crippen molar-refractivity contribution in [1.82, 2.24) is 0 Å². The molecular formula is C39H44O5. The summed E-state index contributed by atoms with van der Waals surface area (Å²) in [4.78, 5) is 27.1. The van der Waals surface area contributed by atoms with Gasteiger partial charge in [0.05, 0.1) is 18.9 Å². The molecule has 0 amide bonds. The maximum absolute atomic E-state index is 13.6. The van der Waals surface area contributed by atoms with E-state index < -0.39 is 17.9 Å². The summed E-state index contributed by atoms with van der Waals surface area (Å²) in [6.45, 7) is 0. The Morgan fingerprint density at radius 1 is 0.568 bits per heavy atom. The Hall–Kier alpha value is -4.38. The number of rotatable bonds is 17. The summed E-state index contributed by atoms with van der Waals surface area (Å²) in [6, 6.07) is 35.4. The van der Waals surface area contributed by atoms with Gasteiger partial charge in [-0.3, -0.25) is 9.59 Å². The lowest BCUT2D eigenvalue weighted by atomic mass is 9.92. The molecular weight excluding hydrogens is 548 g/mol. The van der Waals surface area contributed by atoms with Crippen molar-refractivity contribution in [1.29, 1.82) is 0 Å². The highest BCUT2D eigenvalue weighted by atomic mass is 16.6. The van der Waals surface area contributed by atoms with Crippen molar-refractivity contribution in [2.45, 2.75) is 64.2 Å². The minimum absolute atomic E-state index is 0.204. The third-order valence-electron chi connectivity index (χ3n) is 8.20. The number of hydrogen-bond donors (Lipinski definition) is 1. The van der Waals surface area contributed by atoms with Crippen molar-refractivity contribution in [3.63, 3.8) is 0 Å². The molecule has 0 heterocycles. The molecule has 0 bridgehead atoms. The molecule has 0 fully saturated rings. The van der Waals surface area contributed by atoms with Crippen LogP contribution in [0.2, 0.25) is 0 Å². The summed E-state index contributed by atoms with van der Waals surface area (Å²) in [7, 11) is 1.64. The SMILES string of the molecule is COc1cccc(CCC(CCCc2ccccc2)C(=O)OC(=O)C(CCCc2ccccc2)CCc2cccc(O)c2)c1. The molecule has 0 aliphatic carbocycles. The molecule has 2 unspecified atom stereocenters. The Bertz CT molecular complexity index is 1430. The Balaban J connectivity index is 1.41. The van der Waals surface area contributed by atoms with Crippen molar-refractivity contribution in [3.8, 4) is 11.5 Å². The van der Waals surface area contributed by atoms with Gasteiger partial charge in [-0.25, -0.2) is 0 Å².